The van der Waals surface area contributed by atoms with Gasteiger partial charge in [0.2, 0.25) is 10.0 Å². The fourth-order valence-electron chi connectivity index (χ4n) is 1.78. The fourth-order valence-corrected chi connectivity index (χ4v) is 2.95. The van der Waals surface area contributed by atoms with Gasteiger partial charge in [0.05, 0.1) is 12.4 Å². The molecule has 1 N–H and O–H groups in total. The van der Waals surface area contributed by atoms with Crippen LogP contribution in [0.1, 0.15) is 18.1 Å². The van der Waals surface area contributed by atoms with Gasteiger partial charge in [-0.05, 0) is 17.7 Å². The first kappa shape index (κ1) is 17.1. The zero-order chi connectivity index (χ0) is 15.0. The molecular weight excluding hydrogens is 276 g/mol. The van der Waals surface area contributed by atoms with Crippen molar-refractivity contribution in [3.63, 3.8) is 0 Å². The lowest BCUT2D eigenvalue weighted by molar-refractivity contribution is 0.185. The van der Waals surface area contributed by atoms with E-state index in [1.54, 1.807) is 14.2 Å². The number of nitrogens with one attached hydrogen (secondary N) is 1. The Balaban J connectivity index is 2.71. The molecule has 0 saturated carbocycles. The second-order valence-corrected chi connectivity index (χ2v) is 6.75. The van der Waals surface area contributed by atoms with Gasteiger partial charge in [-0.25, -0.2) is 12.7 Å². The molecule has 20 heavy (non-hydrogen) atoms. The lowest BCUT2D eigenvalue weighted by Crippen LogP contribution is -2.31. The van der Waals surface area contributed by atoms with Crippen molar-refractivity contribution in [3.8, 4) is 0 Å². The van der Waals surface area contributed by atoms with E-state index in [-0.39, 0.29) is 5.75 Å². The third-order valence-corrected chi connectivity index (χ3v) is 4.84. The molecule has 1 aromatic carbocycles. The van der Waals surface area contributed by atoms with E-state index >= 15 is 0 Å². The van der Waals surface area contributed by atoms with Gasteiger partial charge in [-0.2, -0.15) is 0 Å². The van der Waals surface area contributed by atoms with Gasteiger partial charge < -0.3 is 10.1 Å². The van der Waals surface area contributed by atoms with E-state index in [1.165, 1.54) is 4.31 Å². The Kier molecular flexibility index (Phi) is 7.15. The predicted octanol–water partition coefficient (Wildman–Crippen LogP) is 1.20. The summed E-state index contributed by atoms with van der Waals surface area (Å²) in [5.74, 6) is 0.0210. The van der Waals surface area contributed by atoms with Crippen molar-refractivity contribution in [2.75, 3.05) is 33.9 Å². The molecule has 0 spiro atoms. The van der Waals surface area contributed by atoms with Crippen molar-refractivity contribution in [1.29, 1.82) is 0 Å². The number of methoxy groups -OCH3 is 1. The highest BCUT2D eigenvalue weighted by Gasteiger charge is 2.18. The Labute approximate surface area is 122 Å². The molecule has 1 aromatic rings. The molecule has 0 heterocycles. The maximum Gasteiger partial charge on any atom is 0.218 e. The minimum atomic E-state index is -3.29. The van der Waals surface area contributed by atoms with Gasteiger partial charge in [-0.3, -0.25) is 0 Å². The molecule has 114 valence electrons. The molecule has 0 aliphatic carbocycles. The molecule has 0 bridgehead atoms. The maximum absolute atomic E-state index is 12.2. The number of sulfonamides is 1. The van der Waals surface area contributed by atoms with E-state index in [2.05, 4.69) is 5.32 Å². The van der Waals surface area contributed by atoms with Crippen molar-refractivity contribution in [2.45, 2.75) is 19.2 Å². The molecule has 6 heteroatoms. The lowest BCUT2D eigenvalue weighted by Gasteiger charge is -2.17. The van der Waals surface area contributed by atoms with Gasteiger partial charge in [0.25, 0.3) is 0 Å². The second kappa shape index (κ2) is 8.36. The molecule has 0 aromatic heterocycles. The molecule has 0 unspecified atom stereocenters. The normalized spacial score (nSPS) is 12.0. The van der Waals surface area contributed by atoms with Crippen LogP contribution < -0.4 is 5.32 Å². The van der Waals surface area contributed by atoms with E-state index in [4.69, 9.17) is 4.74 Å². The van der Waals surface area contributed by atoms with E-state index in [1.807, 2.05) is 31.2 Å². The maximum atomic E-state index is 12.2. The zero-order valence-corrected chi connectivity index (χ0v) is 13.2. The SMILES string of the molecule is CCNCc1cccc(CS(=O)(=O)N(C)CCOC)c1. The molecule has 0 saturated heterocycles. The Morgan fingerprint density at radius 2 is 2.00 bits per heavy atom. The van der Waals surface area contributed by atoms with Gasteiger partial charge in [0.15, 0.2) is 0 Å². The van der Waals surface area contributed by atoms with Crippen molar-refractivity contribution in [1.82, 2.24) is 9.62 Å². The second-order valence-electron chi connectivity index (χ2n) is 4.67. The minimum absolute atomic E-state index is 0.0210. The van der Waals surface area contributed by atoms with E-state index in [0.717, 1.165) is 24.2 Å². The summed E-state index contributed by atoms with van der Waals surface area (Å²) in [7, 11) is -0.150. The summed E-state index contributed by atoms with van der Waals surface area (Å²) < 4.78 is 30.6. The van der Waals surface area contributed by atoms with Crippen molar-refractivity contribution in [2.24, 2.45) is 0 Å². The summed E-state index contributed by atoms with van der Waals surface area (Å²) in [4.78, 5) is 0. The number of ether oxygens (including phenoxy) is 1. The van der Waals surface area contributed by atoms with Crippen LogP contribution in [0.3, 0.4) is 0 Å². The monoisotopic (exact) mass is 300 g/mol. The number of nitrogens with zero attached hydrogens (tertiary/aromatic N) is 1. The first-order valence-electron chi connectivity index (χ1n) is 6.71. The van der Waals surface area contributed by atoms with Gasteiger partial charge in [-0.1, -0.05) is 31.2 Å². The highest BCUT2D eigenvalue weighted by Crippen LogP contribution is 2.11. The van der Waals surface area contributed by atoms with Crippen LogP contribution in [0.25, 0.3) is 0 Å². The number of likely N-dealkylation sites (N-methyl/N-ethyl adjacent to an activating group) is 1. The van der Waals surface area contributed by atoms with Crippen LogP contribution in [0.4, 0.5) is 0 Å². The number of rotatable bonds is 9. The van der Waals surface area contributed by atoms with Crippen LogP contribution in [0.2, 0.25) is 0 Å². The van der Waals surface area contributed by atoms with Gasteiger partial charge in [0, 0.05) is 27.2 Å². The van der Waals surface area contributed by atoms with Crippen LogP contribution in [0, 0.1) is 0 Å². The van der Waals surface area contributed by atoms with Crippen LogP contribution in [-0.2, 0) is 27.1 Å². The number of benzene rings is 1. The molecule has 0 aliphatic rings. The summed E-state index contributed by atoms with van der Waals surface area (Å²) in [6.07, 6.45) is 0. The molecule has 5 nitrogen and oxygen atoms in total. The molecule has 0 atom stereocenters. The first-order valence-corrected chi connectivity index (χ1v) is 8.32. The van der Waals surface area contributed by atoms with Gasteiger partial charge in [0.1, 0.15) is 0 Å². The highest BCUT2D eigenvalue weighted by molar-refractivity contribution is 7.88. The molecule has 0 fully saturated rings. The van der Waals surface area contributed by atoms with Crippen molar-refractivity contribution < 1.29 is 13.2 Å². The van der Waals surface area contributed by atoms with Gasteiger partial charge in [-0.15, -0.1) is 0 Å². The van der Waals surface area contributed by atoms with E-state index < -0.39 is 10.0 Å². The summed E-state index contributed by atoms with van der Waals surface area (Å²) in [5.41, 5.74) is 1.91. The average Bonchev–Trinajstić information content (AvgIpc) is 2.42. The van der Waals surface area contributed by atoms with Crippen LogP contribution >= 0.6 is 0 Å². The van der Waals surface area contributed by atoms with Crippen molar-refractivity contribution >= 4 is 10.0 Å². The van der Waals surface area contributed by atoms with Gasteiger partial charge >= 0.3 is 0 Å². The van der Waals surface area contributed by atoms with Crippen LogP contribution in [-0.4, -0.2) is 46.6 Å². The van der Waals surface area contributed by atoms with E-state index in [9.17, 15) is 8.42 Å². The Morgan fingerprint density at radius 3 is 2.65 bits per heavy atom. The smallest absolute Gasteiger partial charge is 0.218 e. The molecule has 0 radical (unpaired) electrons. The molecule has 0 aliphatic heterocycles. The number of hydrogen-bond donors (Lipinski definition) is 1. The Bertz CT molecular complexity index is 503. The quantitative estimate of drug-likeness (QED) is 0.744. The van der Waals surface area contributed by atoms with Crippen molar-refractivity contribution in [3.05, 3.63) is 35.4 Å². The lowest BCUT2D eigenvalue weighted by atomic mass is 10.1. The topological polar surface area (TPSA) is 58.6 Å². The molecule has 1 rings (SSSR count). The largest absolute Gasteiger partial charge is 0.383 e. The number of hydrogen-bond acceptors (Lipinski definition) is 4. The Hall–Kier alpha value is -0.950. The summed E-state index contributed by atoms with van der Waals surface area (Å²) in [6.45, 7) is 4.46. The molecule has 0 amide bonds. The third kappa shape index (κ3) is 5.58. The Morgan fingerprint density at radius 1 is 1.30 bits per heavy atom. The molecular formula is C14H24N2O3S. The van der Waals surface area contributed by atoms with E-state index in [0.29, 0.717) is 13.2 Å². The summed E-state index contributed by atoms with van der Waals surface area (Å²) in [5, 5.41) is 3.23. The first-order chi connectivity index (χ1) is 9.49. The third-order valence-electron chi connectivity index (χ3n) is 3.00. The fraction of sp³-hybridized carbons (Fsp3) is 0.571. The summed E-state index contributed by atoms with van der Waals surface area (Å²) >= 11 is 0. The zero-order valence-electron chi connectivity index (χ0n) is 12.4. The average molecular weight is 300 g/mol. The summed E-state index contributed by atoms with van der Waals surface area (Å²) in [6, 6.07) is 7.67. The van der Waals surface area contributed by atoms with Crippen LogP contribution in [0.15, 0.2) is 24.3 Å². The van der Waals surface area contributed by atoms with Crippen LogP contribution in [0.5, 0.6) is 0 Å². The minimum Gasteiger partial charge on any atom is -0.383 e. The predicted molar refractivity (Wildman–Crippen MR) is 81.0 cm³/mol. The highest BCUT2D eigenvalue weighted by atomic mass is 32.2. The standard InChI is InChI=1S/C14H24N2O3S/c1-4-15-11-13-6-5-7-14(10-13)12-20(17,18)16(2)8-9-19-3/h5-7,10,15H,4,8-9,11-12H2,1-3H3.